The Hall–Kier alpha value is -3.58. The molecule has 0 spiro atoms. The van der Waals surface area contributed by atoms with Gasteiger partial charge in [-0.1, -0.05) is 82.3 Å². The highest BCUT2D eigenvalue weighted by molar-refractivity contribution is 8.00. The molecule has 3 aromatic carbocycles. The van der Waals surface area contributed by atoms with Crippen LogP contribution in [0.5, 0.6) is 17.2 Å². The Morgan fingerprint density at radius 1 is 0.977 bits per heavy atom. The van der Waals surface area contributed by atoms with E-state index in [1.165, 1.54) is 55.5 Å². The fourth-order valence-electron chi connectivity index (χ4n) is 5.62. The monoisotopic (exact) mass is 599 g/mol. The third kappa shape index (κ3) is 8.50. The first-order valence-corrected chi connectivity index (χ1v) is 16.6. The molecule has 1 heterocycles. The number of methoxy groups -OCH3 is 1. The Morgan fingerprint density at radius 3 is 2.51 bits per heavy atom. The molecule has 6 nitrogen and oxygen atoms in total. The number of anilines is 1. The van der Waals surface area contributed by atoms with E-state index in [0.29, 0.717) is 17.6 Å². The van der Waals surface area contributed by atoms with E-state index in [0.717, 1.165) is 48.5 Å². The number of thioether (sulfide) groups is 1. The first-order valence-electron chi connectivity index (χ1n) is 15.8. The summed E-state index contributed by atoms with van der Waals surface area (Å²) < 4.78 is 17.8. The number of hydrazone groups is 1. The van der Waals surface area contributed by atoms with Crippen LogP contribution in [-0.2, 0) is 0 Å². The minimum absolute atomic E-state index is 0.0509. The minimum atomic E-state index is 0.0509. The van der Waals surface area contributed by atoms with Crippen LogP contribution < -0.4 is 19.5 Å². The molecule has 43 heavy (non-hydrogen) atoms. The highest BCUT2D eigenvalue weighted by Crippen LogP contribution is 2.41. The molecule has 5 rings (SSSR count). The first-order chi connectivity index (χ1) is 21.1. The maximum Gasteiger partial charge on any atom is 0.168 e. The van der Waals surface area contributed by atoms with E-state index < -0.39 is 0 Å². The van der Waals surface area contributed by atoms with E-state index in [4.69, 9.17) is 19.3 Å². The molecule has 1 aliphatic carbocycles. The third-order valence-corrected chi connectivity index (χ3v) is 9.23. The molecule has 1 N–H and O–H groups in total. The Kier molecular flexibility index (Phi) is 11.3. The Morgan fingerprint density at radius 2 is 1.74 bits per heavy atom. The number of rotatable bonds is 15. The molecular weight excluding hydrogens is 554 g/mol. The average Bonchev–Trinajstić information content (AvgIpc) is 3.48. The van der Waals surface area contributed by atoms with Crippen molar-refractivity contribution in [3.8, 4) is 17.2 Å². The Balaban J connectivity index is 1.24. The summed E-state index contributed by atoms with van der Waals surface area (Å²) in [5, 5.41) is 11.0. The van der Waals surface area contributed by atoms with Gasteiger partial charge >= 0.3 is 0 Å². The second-order valence-corrected chi connectivity index (χ2v) is 12.4. The average molecular weight is 600 g/mol. The number of benzene rings is 3. The van der Waals surface area contributed by atoms with Crippen LogP contribution in [0.15, 0.2) is 83.3 Å². The van der Waals surface area contributed by atoms with Crippen molar-refractivity contribution in [3.63, 3.8) is 0 Å². The van der Waals surface area contributed by atoms with Gasteiger partial charge in [0, 0.05) is 16.0 Å². The lowest BCUT2D eigenvalue weighted by Crippen LogP contribution is -2.41. The predicted molar refractivity (Wildman–Crippen MR) is 179 cm³/mol. The summed E-state index contributed by atoms with van der Waals surface area (Å²) >= 11 is 1.83. The highest BCUT2D eigenvalue weighted by atomic mass is 32.2. The van der Waals surface area contributed by atoms with Crippen molar-refractivity contribution in [2.24, 2.45) is 5.10 Å². The van der Waals surface area contributed by atoms with Gasteiger partial charge in [-0.15, -0.1) is 0 Å². The smallest absolute Gasteiger partial charge is 0.168 e. The van der Waals surface area contributed by atoms with Gasteiger partial charge in [-0.05, 0) is 73.9 Å². The zero-order valence-electron chi connectivity index (χ0n) is 25.6. The van der Waals surface area contributed by atoms with Gasteiger partial charge in [-0.3, -0.25) is 5.01 Å². The van der Waals surface area contributed by atoms with E-state index >= 15 is 0 Å². The molecule has 2 aliphatic rings. The quantitative estimate of drug-likeness (QED) is 0.0813. The van der Waals surface area contributed by atoms with Crippen LogP contribution in [0.2, 0.25) is 0 Å². The molecule has 0 amide bonds. The normalized spacial score (nSPS) is 16.5. The van der Waals surface area contributed by atoms with E-state index in [1.54, 1.807) is 7.11 Å². The lowest BCUT2D eigenvalue weighted by molar-refractivity contribution is 0.161. The van der Waals surface area contributed by atoms with Crippen molar-refractivity contribution in [1.82, 2.24) is 5.01 Å². The molecule has 1 atom stereocenters. The second kappa shape index (κ2) is 15.8. The summed E-state index contributed by atoms with van der Waals surface area (Å²) in [5.41, 5.74) is 2.99. The molecule has 1 aliphatic heterocycles. The van der Waals surface area contributed by atoms with E-state index in [-0.39, 0.29) is 5.50 Å². The molecule has 0 saturated heterocycles. The lowest BCUT2D eigenvalue weighted by Gasteiger charge is -2.35. The predicted octanol–water partition coefficient (Wildman–Crippen LogP) is 9.56. The molecular formula is C36H45N3O3S. The van der Waals surface area contributed by atoms with Crippen molar-refractivity contribution in [2.45, 2.75) is 87.6 Å². The third-order valence-electron chi connectivity index (χ3n) is 8.06. The van der Waals surface area contributed by atoms with Crippen LogP contribution in [0.3, 0.4) is 0 Å². The van der Waals surface area contributed by atoms with Gasteiger partial charge in [-0.25, -0.2) is 0 Å². The fourth-order valence-corrected chi connectivity index (χ4v) is 6.80. The van der Waals surface area contributed by atoms with Gasteiger partial charge in [0.05, 0.1) is 31.7 Å². The Labute approximate surface area is 261 Å². The zero-order valence-corrected chi connectivity index (χ0v) is 26.4. The summed E-state index contributed by atoms with van der Waals surface area (Å²) in [6.07, 6.45) is 14.1. The number of ether oxygens (including phenoxy) is 3. The number of hydrogen-bond donors (Lipinski definition) is 1. The molecule has 1 unspecified atom stereocenters. The van der Waals surface area contributed by atoms with Gasteiger partial charge in [-0.2, -0.15) is 5.10 Å². The van der Waals surface area contributed by atoms with Crippen LogP contribution in [0.25, 0.3) is 5.76 Å². The Bertz CT molecular complexity index is 1330. The second-order valence-electron chi connectivity index (χ2n) is 11.2. The fraction of sp³-hybridized carbons (Fsp3) is 0.417. The minimum Gasteiger partial charge on any atom is -0.496 e. The molecule has 7 heteroatoms. The van der Waals surface area contributed by atoms with Crippen molar-refractivity contribution in [3.05, 3.63) is 84.4 Å². The maximum absolute atomic E-state index is 6.20. The summed E-state index contributed by atoms with van der Waals surface area (Å²) in [6.45, 7) is 7.17. The number of para-hydroxylation sites is 1. The number of unbranched alkanes of at least 4 members (excludes halogenated alkanes) is 4. The van der Waals surface area contributed by atoms with Crippen LogP contribution in [-0.4, -0.2) is 36.5 Å². The van der Waals surface area contributed by atoms with Crippen LogP contribution in [0.1, 0.15) is 82.3 Å². The summed E-state index contributed by atoms with van der Waals surface area (Å²) in [6, 6.07) is 22.6. The molecule has 228 valence electrons. The van der Waals surface area contributed by atoms with Crippen LogP contribution in [0, 0.1) is 0 Å². The lowest BCUT2D eigenvalue weighted by atomic mass is 9.95. The topological polar surface area (TPSA) is 55.3 Å². The summed E-state index contributed by atoms with van der Waals surface area (Å²) in [4.78, 5) is 1.26. The van der Waals surface area contributed by atoms with Gasteiger partial charge in [0.25, 0.3) is 0 Å². The number of hydrogen-bond acceptors (Lipinski definition) is 7. The van der Waals surface area contributed by atoms with E-state index in [1.807, 2.05) is 60.4 Å². The van der Waals surface area contributed by atoms with Crippen molar-refractivity contribution in [1.29, 1.82) is 0 Å². The largest absolute Gasteiger partial charge is 0.496 e. The van der Waals surface area contributed by atoms with Gasteiger partial charge in [0.1, 0.15) is 23.0 Å². The van der Waals surface area contributed by atoms with E-state index in [2.05, 4.69) is 48.1 Å². The maximum atomic E-state index is 6.20. The van der Waals surface area contributed by atoms with Crippen molar-refractivity contribution < 1.29 is 14.2 Å². The molecule has 0 aromatic heterocycles. The molecule has 0 radical (unpaired) electrons. The first kappa shape index (κ1) is 30.9. The van der Waals surface area contributed by atoms with E-state index in [9.17, 15) is 0 Å². The highest BCUT2D eigenvalue weighted by Gasteiger charge is 2.31. The number of fused-ring (bicyclic) bond motifs is 1. The molecule has 1 fully saturated rings. The van der Waals surface area contributed by atoms with Gasteiger partial charge in [0.15, 0.2) is 5.50 Å². The number of nitrogens with one attached hydrogen (secondary N) is 1. The standard InChI is InChI=1S/C36H45N3O3S/c1-4-5-6-7-13-24-41-31-20-18-28(19-21-31)27(2)42-32-22-23-34(40-3)29(25-32)26-37-39(30-14-9-8-10-15-30)36-38-33-16-11-12-17-35(33)43-36/h11-12,16-23,25-26,30,36,38H,2,4-10,13-15,24H2,1,3H3/b37-26+. The molecule has 1 saturated carbocycles. The summed E-state index contributed by atoms with van der Waals surface area (Å²) in [7, 11) is 1.69. The van der Waals surface area contributed by atoms with Gasteiger partial charge in [0.2, 0.25) is 0 Å². The summed E-state index contributed by atoms with van der Waals surface area (Å²) in [5.74, 6) is 2.88. The van der Waals surface area contributed by atoms with Crippen molar-refractivity contribution >= 4 is 29.4 Å². The molecule has 0 bridgehead atoms. The number of nitrogens with zero attached hydrogens (tertiary/aromatic N) is 2. The SMILES string of the molecule is C=C(Oc1ccc(OC)c(/C=N/N(C2CCCCC2)C2Nc3ccccc3S2)c1)c1ccc(OCCCCCCC)cc1. The molecule has 3 aromatic rings. The van der Waals surface area contributed by atoms with Crippen molar-refractivity contribution in [2.75, 3.05) is 19.0 Å². The van der Waals surface area contributed by atoms with Crippen LogP contribution >= 0.6 is 11.8 Å². The zero-order chi connectivity index (χ0) is 29.9. The van der Waals surface area contributed by atoms with Crippen LogP contribution in [0.4, 0.5) is 5.69 Å². The van der Waals surface area contributed by atoms with Gasteiger partial charge < -0.3 is 19.5 Å².